The molecule has 0 spiro atoms. The molecule has 2 aromatic rings. The first kappa shape index (κ1) is 14.0. The van der Waals surface area contributed by atoms with E-state index >= 15 is 0 Å². The van der Waals surface area contributed by atoms with Crippen molar-refractivity contribution >= 4 is 11.6 Å². The number of para-hydroxylation sites is 1. The number of nitrogens with zero attached hydrogens (tertiary/aromatic N) is 2. The van der Waals surface area contributed by atoms with Crippen molar-refractivity contribution < 1.29 is 9.32 Å². The molecule has 0 fully saturated rings. The van der Waals surface area contributed by atoms with Crippen LogP contribution in [0.3, 0.4) is 0 Å². The van der Waals surface area contributed by atoms with Gasteiger partial charge in [0, 0.05) is 5.92 Å². The fourth-order valence-corrected chi connectivity index (χ4v) is 1.76. The number of carbonyl (C=O) groups is 1. The molecule has 0 bridgehead atoms. The molecule has 5 heteroatoms. The topological polar surface area (TPSA) is 68.0 Å². The van der Waals surface area contributed by atoms with Crippen molar-refractivity contribution in [3.63, 3.8) is 0 Å². The first-order valence-corrected chi connectivity index (χ1v) is 6.40. The van der Waals surface area contributed by atoms with Crippen molar-refractivity contribution in [2.24, 2.45) is 0 Å². The minimum absolute atomic E-state index is 0.184. The van der Waals surface area contributed by atoms with Crippen LogP contribution in [0.25, 0.3) is 11.5 Å². The molecule has 0 unspecified atom stereocenters. The predicted molar refractivity (Wildman–Crippen MR) is 77.4 cm³/mol. The summed E-state index contributed by atoms with van der Waals surface area (Å²) in [5, 5.41) is 6.72. The van der Waals surface area contributed by atoms with Crippen LogP contribution in [0.4, 0.5) is 5.69 Å². The van der Waals surface area contributed by atoms with Gasteiger partial charge in [0.15, 0.2) is 5.82 Å². The van der Waals surface area contributed by atoms with Crippen molar-refractivity contribution in [2.75, 3.05) is 5.32 Å². The zero-order chi connectivity index (χ0) is 14.7. The number of rotatable bonds is 4. The van der Waals surface area contributed by atoms with E-state index in [0.29, 0.717) is 23.0 Å². The number of aryl methyl sites for hydroxylation is 1. The highest BCUT2D eigenvalue weighted by Crippen LogP contribution is 2.30. The van der Waals surface area contributed by atoms with Gasteiger partial charge in [0.2, 0.25) is 5.91 Å². The third-order valence-corrected chi connectivity index (χ3v) is 2.89. The van der Waals surface area contributed by atoms with E-state index in [1.807, 2.05) is 39.0 Å². The smallest absolute Gasteiger partial charge is 0.260 e. The summed E-state index contributed by atoms with van der Waals surface area (Å²) in [5.74, 6) is 0.951. The second kappa shape index (κ2) is 5.69. The first-order chi connectivity index (χ1) is 9.52. The second-order valence-corrected chi connectivity index (χ2v) is 4.80. The van der Waals surface area contributed by atoms with Crippen molar-refractivity contribution in [3.8, 4) is 11.5 Å². The van der Waals surface area contributed by atoms with Gasteiger partial charge in [-0.05, 0) is 24.6 Å². The van der Waals surface area contributed by atoms with Crippen molar-refractivity contribution in [1.29, 1.82) is 0 Å². The summed E-state index contributed by atoms with van der Waals surface area (Å²) in [4.78, 5) is 15.9. The molecule has 0 aliphatic rings. The Balaban J connectivity index is 2.47. The Labute approximate surface area is 117 Å². The lowest BCUT2D eigenvalue weighted by Crippen LogP contribution is -2.09. The lowest BCUT2D eigenvalue weighted by atomic mass is 10.1. The average Bonchev–Trinajstić information content (AvgIpc) is 2.90. The Morgan fingerprint density at radius 1 is 1.45 bits per heavy atom. The van der Waals surface area contributed by atoms with Gasteiger partial charge < -0.3 is 9.84 Å². The van der Waals surface area contributed by atoms with E-state index in [4.69, 9.17) is 4.52 Å². The molecule has 1 amide bonds. The summed E-state index contributed by atoms with van der Waals surface area (Å²) in [6.07, 6.45) is 1.23. The van der Waals surface area contributed by atoms with E-state index < -0.39 is 0 Å². The van der Waals surface area contributed by atoms with Gasteiger partial charge in [-0.25, -0.2) is 0 Å². The fraction of sp³-hybridized carbons (Fsp3) is 0.267. The zero-order valence-corrected chi connectivity index (χ0v) is 11.8. The number of amides is 1. The van der Waals surface area contributed by atoms with Crippen LogP contribution in [-0.2, 0) is 4.79 Å². The number of benzene rings is 1. The monoisotopic (exact) mass is 271 g/mol. The third kappa shape index (κ3) is 2.77. The van der Waals surface area contributed by atoms with Gasteiger partial charge in [-0.3, -0.25) is 4.79 Å². The molecule has 0 radical (unpaired) electrons. The Kier molecular flexibility index (Phi) is 3.98. The van der Waals surface area contributed by atoms with Gasteiger partial charge in [0.1, 0.15) is 0 Å². The van der Waals surface area contributed by atoms with E-state index in [0.717, 1.165) is 5.56 Å². The van der Waals surface area contributed by atoms with Gasteiger partial charge in [-0.1, -0.05) is 37.7 Å². The third-order valence-electron chi connectivity index (χ3n) is 2.89. The molecule has 5 nitrogen and oxygen atoms in total. The Morgan fingerprint density at radius 3 is 2.80 bits per heavy atom. The van der Waals surface area contributed by atoms with E-state index in [1.165, 1.54) is 6.08 Å². The highest BCUT2D eigenvalue weighted by atomic mass is 16.5. The standard InChI is InChI=1S/C15H17N3O2/c1-5-12(19)16-13-10(4)7-6-8-11(13)15-17-14(9(2)3)18-20-15/h5-9H,1H2,2-4H3,(H,16,19). The molecule has 20 heavy (non-hydrogen) atoms. The highest BCUT2D eigenvalue weighted by molar-refractivity contribution is 6.02. The Morgan fingerprint density at radius 2 is 2.20 bits per heavy atom. The number of hydrogen-bond donors (Lipinski definition) is 1. The summed E-state index contributed by atoms with van der Waals surface area (Å²) in [6.45, 7) is 9.34. The van der Waals surface area contributed by atoms with Gasteiger partial charge in [0.25, 0.3) is 5.89 Å². The fourth-order valence-electron chi connectivity index (χ4n) is 1.76. The highest BCUT2D eigenvalue weighted by Gasteiger charge is 2.16. The predicted octanol–water partition coefficient (Wildman–Crippen LogP) is 3.29. The summed E-state index contributed by atoms with van der Waals surface area (Å²) < 4.78 is 5.28. The molecule has 0 saturated carbocycles. The van der Waals surface area contributed by atoms with Crippen molar-refractivity contribution in [1.82, 2.24) is 10.1 Å². The normalized spacial score (nSPS) is 10.6. The molecular weight excluding hydrogens is 254 g/mol. The van der Waals surface area contributed by atoms with Crippen LogP contribution in [0.5, 0.6) is 0 Å². The van der Waals surface area contributed by atoms with Crippen molar-refractivity contribution in [2.45, 2.75) is 26.7 Å². The lowest BCUT2D eigenvalue weighted by molar-refractivity contribution is -0.111. The van der Waals surface area contributed by atoms with E-state index in [-0.39, 0.29) is 11.8 Å². The van der Waals surface area contributed by atoms with E-state index in [1.54, 1.807) is 0 Å². The molecule has 0 aliphatic carbocycles. The molecular formula is C15H17N3O2. The molecule has 104 valence electrons. The zero-order valence-electron chi connectivity index (χ0n) is 11.8. The average molecular weight is 271 g/mol. The van der Waals surface area contributed by atoms with Crippen LogP contribution in [0.2, 0.25) is 0 Å². The van der Waals surface area contributed by atoms with Gasteiger partial charge in [-0.15, -0.1) is 0 Å². The largest absolute Gasteiger partial charge is 0.334 e. The van der Waals surface area contributed by atoms with Gasteiger partial charge in [0.05, 0.1) is 11.3 Å². The summed E-state index contributed by atoms with van der Waals surface area (Å²) >= 11 is 0. The maximum atomic E-state index is 11.5. The quantitative estimate of drug-likeness (QED) is 0.866. The van der Waals surface area contributed by atoms with Crippen molar-refractivity contribution in [3.05, 3.63) is 42.2 Å². The minimum Gasteiger partial charge on any atom is -0.334 e. The first-order valence-electron chi connectivity index (χ1n) is 6.40. The molecule has 1 aromatic heterocycles. The maximum absolute atomic E-state index is 11.5. The van der Waals surface area contributed by atoms with Crippen LogP contribution in [-0.4, -0.2) is 16.0 Å². The minimum atomic E-state index is -0.274. The van der Waals surface area contributed by atoms with E-state index in [2.05, 4.69) is 22.0 Å². The number of hydrogen-bond acceptors (Lipinski definition) is 4. The summed E-state index contributed by atoms with van der Waals surface area (Å²) in [7, 11) is 0. The molecule has 1 aromatic carbocycles. The molecule has 0 atom stereocenters. The van der Waals surface area contributed by atoms with Crippen LogP contribution in [0.15, 0.2) is 35.4 Å². The van der Waals surface area contributed by atoms with E-state index in [9.17, 15) is 4.79 Å². The number of carbonyl (C=O) groups excluding carboxylic acids is 1. The molecule has 0 aliphatic heterocycles. The Bertz CT molecular complexity index is 644. The van der Waals surface area contributed by atoms with Gasteiger partial charge >= 0.3 is 0 Å². The molecule has 1 N–H and O–H groups in total. The Hall–Kier alpha value is -2.43. The number of nitrogens with one attached hydrogen (secondary N) is 1. The van der Waals surface area contributed by atoms with Gasteiger partial charge in [-0.2, -0.15) is 4.98 Å². The van der Waals surface area contributed by atoms with Crippen LogP contribution in [0.1, 0.15) is 31.2 Å². The SMILES string of the molecule is C=CC(=O)Nc1c(C)cccc1-c1nc(C(C)C)no1. The lowest BCUT2D eigenvalue weighted by Gasteiger charge is -2.10. The number of aromatic nitrogens is 2. The van der Waals surface area contributed by atoms with Crippen LogP contribution >= 0.6 is 0 Å². The van der Waals surface area contributed by atoms with Crippen LogP contribution < -0.4 is 5.32 Å². The summed E-state index contributed by atoms with van der Waals surface area (Å²) in [5.41, 5.74) is 2.29. The molecule has 2 rings (SSSR count). The molecule has 1 heterocycles. The summed E-state index contributed by atoms with van der Waals surface area (Å²) in [6, 6.07) is 5.62. The van der Waals surface area contributed by atoms with Crippen LogP contribution in [0, 0.1) is 6.92 Å². The molecule has 0 saturated heterocycles. The number of anilines is 1. The maximum Gasteiger partial charge on any atom is 0.260 e. The second-order valence-electron chi connectivity index (χ2n) is 4.80.